The third kappa shape index (κ3) is 4.32. The van der Waals surface area contributed by atoms with Crippen LogP contribution in [0.25, 0.3) is 0 Å². The maximum atomic E-state index is 12.1. The number of Topliss-reactive ketones (excluding diaryl/α,β-unsaturated/α-hetero) is 1. The molecule has 1 aliphatic heterocycles. The normalized spacial score (nSPS) is 23.7. The lowest BCUT2D eigenvalue weighted by atomic mass is 9.76. The molecule has 0 amide bonds. The highest BCUT2D eigenvalue weighted by atomic mass is 16.6. The highest BCUT2D eigenvalue weighted by molar-refractivity contribution is 5.98. The maximum Gasteiger partial charge on any atom is 0.313 e. The third-order valence-electron chi connectivity index (χ3n) is 5.69. The number of benzene rings is 1. The van der Waals surface area contributed by atoms with Crippen LogP contribution in [0.2, 0.25) is 0 Å². The van der Waals surface area contributed by atoms with Gasteiger partial charge in [0.05, 0.1) is 13.5 Å². The number of hydrogen-bond donors (Lipinski definition) is 0. The molecule has 1 atom stereocenters. The fourth-order valence-corrected chi connectivity index (χ4v) is 4.30. The van der Waals surface area contributed by atoms with Crippen molar-refractivity contribution in [1.29, 1.82) is 0 Å². The van der Waals surface area contributed by atoms with Crippen molar-refractivity contribution in [3.05, 3.63) is 35.4 Å². The zero-order chi connectivity index (χ0) is 18.6. The monoisotopic (exact) mass is 358 g/mol. The summed E-state index contributed by atoms with van der Waals surface area (Å²) in [5.74, 6) is -0.344. The molecular formula is C21H26O5. The van der Waals surface area contributed by atoms with Gasteiger partial charge in [-0.2, -0.15) is 0 Å². The summed E-state index contributed by atoms with van der Waals surface area (Å²) in [4.78, 5) is 35.4. The van der Waals surface area contributed by atoms with Crippen LogP contribution in [0.5, 0.6) is 0 Å². The van der Waals surface area contributed by atoms with Crippen molar-refractivity contribution in [2.45, 2.75) is 63.4 Å². The van der Waals surface area contributed by atoms with Crippen LogP contribution >= 0.6 is 0 Å². The van der Waals surface area contributed by atoms with Crippen LogP contribution in [0.15, 0.2) is 24.3 Å². The molecule has 1 saturated carbocycles. The Hall–Kier alpha value is -2.17. The number of cyclic esters (lactones) is 1. The van der Waals surface area contributed by atoms with Crippen LogP contribution in [-0.2, 0) is 36.7 Å². The molecule has 5 heteroatoms. The second-order valence-electron chi connectivity index (χ2n) is 7.48. The Balaban J connectivity index is 1.69. The Bertz CT molecular complexity index is 654. The molecule has 1 aromatic rings. The van der Waals surface area contributed by atoms with Crippen LogP contribution in [0, 0.1) is 5.92 Å². The van der Waals surface area contributed by atoms with Crippen LogP contribution in [0.1, 0.15) is 56.1 Å². The zero-order valence-corrected chi connectivity index (χ0v) is 15.3. The van der Waals surface area contributed by atoms with Crippen molar-refractivity contribution < 1.29 is 23.9 Å². The van der Waals surface area contributed by atoms with E-state index in [0.717, 1.165) is 43.2 Å². The van der Waals surface area contributed by atoms with Crippen molar-refractivity contribution in [3.8, 4) is 0 Å². The topological polar surface area (TPSA) is 69.7 Å². The standard InChI is InChI=1S/C21H26O5/c1-25-19(23)12-16-8-6-15(7-9-16)10-11-21(17-4-2-3-5-17)14-18(22)13-20(24)26-21/h6-9,17H,2-5,10-14H2,1H3. The summed E-state index contributed by atoms with van der Waals surface area (Å²) in [6.07, 6.45) is 6.27. The van der Waals surface area contributed by atoms with Crippen molar-refractivity contribution in [2.24, 2.45) is 5.92 Å². The second-order valence-corrected chi connectivity index (χ2v) is 7.48. The average molecular weight is 358 g/mol. The fourth-order valence-electron chi connectivity index (χ4n) is 4.30. The molecule has 1 unspecified atom stereocenters. The summed E-state index contributed by atoms with van der Waals surface area (Å²) in [5.41, 5.74) is 1.39. The summed E-state index contributed by atoms with van der Waals surface area (Å²) in [5, 5.41) is 0. The number of aryl methyl sites for hydroxylation is 1. The predicted molar refractivity (Wildman–Crippen MR) is 95.5 cm³/mol. The molecule has 26 heavy (non-hydrogen) atoms. The van der Waals surface area contributed by atoms with E-state index in [1.165, 1.54) is 7.11 Å². The van der Waals surface area contributed by atoms with Gasteiger partial charge < -0.3 is 9.47 Å². The van der Waals surface area contributed by atoms with Gasteiger partial charge in [0.25, 0.3) is 0 Å². The Morgan fingerprint density at radius 2 is 1.81 bits per heavy atom. The molecule has 2 aliphatic rings. The molecular weight excluding hydrogens is 332 g/mol. The van der Waals surface area contributed by atoms with Gasteiger partial charge in [0.15, 0.2) is 0 Å². The minimum Gasteiger partial charge on any atom is -0.469 e. The average Bonchev–Trinajstić information content (AvgIpc) is 3.15. The molecule has 5 nitrogen and oxygen atoms in total. The van der Waals surface area contributed by atoms with Crippen LogP contribution < -0.4 is 0 Å². The lowest BCUT2D eigenvalue weighted by Gasteiger charge is -2.41. The Morgan fingerprint density at radius 3 is 2.42 bits per heavy atom. The van der Waals surface area contributed by atoms with Gasteiger partial charge in [0.1, 0.15) is 17.8 Å². The molecule has 1 aliphatic carbocycles. The van der Waals surface area contributed by atoms with Gasteiger partial charge in [0.2, 0.25) is 0 Å². The van der Waals surface area contributed by atoms with Crippen molar-refractivity contribution in [3.63, 3.8) is 0 Å². The first-order chi connectivity index (χ1) is 12.5. The number of esters is 2. The lowest BCUT2D eigenvalue weighted by Crippen LogP contribution is -2.48. The van der Waals surface area contributed by atoms with Crippen LogP contribution in [-0.4, -0.2) is 30.4 Å². The Kier molecular flexibility index (Phi) is 5.74. The van der Waals surface area contributed by atoms with Gasteiger partial charge in [-0.1, -0.05) is 37.1 Å². The van der Waals surface area contributed by atoms with Gasteiger partial charge >= 0.3 is 11.9 Å². The summed E-state index contributed by atoms with van der Waals surface area (Å²) in [6.45, 7) is 0. The molecule has 140 valence electrons. The largest absolute Gasteiger partial charge is 0.469 e. The molecule has 0 N–H and O–H groups in total. The number of carbonyl (C=O) groups is 3. The fraction of sp³-hybridized carbons (Fsp3) is 0.571. The van der Waals surface area contributed by atoms with Gasteiger partial charge in [0, 0.05) is 6.42 Å². The number of hydrogen-bond acceptors (Lipinski definition) is 5. The predicted octanol–water partition coefficient (Wildman–Crippen LogP) is 3.17. The summed E-state index contributed by atoms with van der Waals surface area (Å²) < 4.78 is 10.5. The zero-order valence-electron chi connectivity index (χ0n) is 15.3. The van der Waals surface area contributed by atoms with E-state index < -0.39 is 5.60 Å². The van der Waals surface area contributed by atoms with E-state index in [-0.39, 0.29) is 36.5 Å². The number of rotatable bonds is 6. The molecule has 3 rings (SSSR count). The van der Waals surface area contributed by atoms with Gasteiger partial charge in [-0.3, -0.25) is 14.4 Å². The van der Waals surface area contributed by atoms with E-state index in [2.05, 4.69) is 4.74 Å². The molecule has 0 spiro atoms. The smallest absolute Gasteiger partial charge is 0.313 e. The molecule has 2 fully saturated rings. The van der Waals surface area contributed by atoms with Crippen LogP contribution in [0.3, 0.4) is 0 Å². The Morgan fingerprint density at radius 1 is 1.15 bits per heavy atom. The highest BCUT2D eigenvalue weighted by Gasteiger charge is 2.47. The SMILES string of the molecule is COC(=O)Cc1ccc(CCC2(C3CCCC3)CC(=O)CC(=O)O2)cc1. The molecule has 0 aromatic heterocycles. The maximum absolute atomic E-state index is 12.1. The quantitative estimate of drug-likeness (QED) is 0.577. The number of methoxy groups -OCH3 is 1. The summed E-state index contributed by atoms with van der Waals surface area (Å²) >= 11 is 0. The molecule has 1 aromatic carbocycles. The van der Waals surface area contributed by atoms with Crippen molar-refractivity contribution in [2.75, 3.05) is 7.11 Å². The first kappa shape index (κ1) is 18.6. The van der Waals surface area contributed by atoms with Crippen molar-refractivity contribution >= 4 is 17.7 Å². The van der Waals surface area contributed by atoms with E-state index in [0.29, 0.717) is 12.8 Å². The van der Waals surface area contributed by atoms with E-state index in [1.54, 1.807) is 0 Å². The lowest BCUT2D eigenvalue weighted by molar-refractivity contribution is -0.178. The molecule has 0 bridgehead atoms. The second kappa shape index (κ2) is 8.02. The number of carbonyl (C=O) groups excluding carboxylic acids is 3. The van der Waals surface area contributed by atoms with E-state index in [4.69, 9.17) is 4.74 Å². The van der Waals surface area contributed by atoms with E-state index >= 15 is 0 Å². The minimum absolute atomic E-state index is 0.00146. The van der Waals surface area contributed by atoms with E-state index in [1.807, 2.05) is 24.3 Å². The summed E-state index contributed by atoms with van der Waals surface area (Å²) in [6, 6.07) is 7.83. The van der Waals surface area contributed by atoms with E-state index in [9.17, 15) is 14.4 Å². The summed E-state index contributed by atoms with van der Waals surface area (Å²) in [7, 11) is 1.38. The number of ketones is 1. The first-order valence-electron chi connectivity index (χ1n) is 9.39. The van der Waals surface area contributed by atoms with Gasteiger partial charge in [-0.05, 0) is 42.7 Å². The van der Waals surface area contributed by atoms with Gasteiger partial charge in [-0.15, -0.1) is 0 Å². The van der Waals surface area contributed by atoms with Crippen LogP contribution in [0.4, 0.5) is 0 Å². The van der Waals surface area contributed by atoms with Crippen molar-refractivity contribution in [1.82, 2.24) is 0 Å². The number of ether oxygens (including phenoxy) is 2. The first-order valence-corrected chi connectivity index (χ1v) is 9.39. The molecule has 0 radical (unpaired) electrons. The molecule has 1 heterocycles. The molecule has 1 saturated heterocycles. The highest BCUT2D eigenvalue weighted by Crippen LogP contribution is 2.43. The Labute approximate surface area is 154 Å². The minimum atomic E-state index is -0.631. The third-order valence-corrected chi connectivity index (χ3v) is 5.69. The van der Waals surface area contributed by atoms with Gasteiger partial charge in [-0.25, -0.2) is 0 Å².